The second kappa shape index (κ2) is 7.47. The van der Waals surface area contributed by atoms with E-state index < -0.39 is 0 Å². The molecule has 2 aliphatic rings. The molecule has 0 radical (unpaired) electrons. The lowest BCUT2D eigenvalue weighted by Gasteiger charge is -2.25. The molecule has 2 aromatic carbocycles. The van der Waals surface area contributed by atoms with Crippen LogP contribution in [0, 0.1) is 31.6 Å². The number of carbonyl (C=O) groups is 3. The molecule has 1 aliphatic carbocycles. The molecule has 1 saturated carbocycles. The van der Waals surface area contributed by atoms with Crippen LogP contribution in [0.15, 0.2) is 42.5 Å². The molecule has 3 amide bonds. The Labute approximate surface area is 171 Å². The van der Waals surface area contributed by atoms with Gasteiger partial charge in [0.1, 0.15) is 0 Å². The monoisotopic (exact) mass is 390 g/mol. The number of para-hydroxylation sites is 1. The number of hydrogen-bond donors (Lipinski definition) is 1. The van der Waals surface area contributed by atoms with Gasteiger partial charge < -0.3 is 5.32 Å². The first-order valence-electron chi connectivity index (χ1n) is 10.2. The zero-order chi connectivity index (χ0) is 20.7. The highest BCUT2D eigenvalue weighted by molar-refractivity contribution is 6.24. The lowest BCUT2D eigenvalue weighted by Crippen LogP contribution is -2.33. The maximum atomic E-state index is 13.1. The van der Waals surface area contributed by atoms with Gasteiger partial charge in [0.05, 0.1) is 23.1 Å². The Morgan fingerprint density at radius 2 is 1.69 bits per heavy atom. The van der Waals surface area contributed by atoms with Crippen molar-refractivity contribution >= 4 is 29.1 Å². The topological polar surface area (TPSA) is 66.5 Å². The molecule has 0 unspecified atom stereocenters. The number of nitrogens with zero attached hydrogens (tertiary/aromatic N) is 1. The number of imide groups is 1. The van der Waals surface area contributed by atoms with Crippen molar-refractivity contribution in [2.24, 2.45) is 17.8 Å². The second-order valence-electron chi connectivity index (χ2n) is 8.41. The molecule has 29 heavy (non-hydrogen) atoms. The van der Waals surface area contributed by atoms with E-state index in [0.29, 0.717) is 22.9 Å². The van der Waals surface area contributed by atoms with Crippen LogP contribution >= 0.6 is 0 Å². The number of nitrogens with one attached hydrogen (secondary N) is 1. The van der Waals surface area contributed by atoms with Gasteiger partial charge in [-0.25, -0.2) is 4.90 Å². The van der Waals surface area contributed by atoms with Crippen LogP contribution in [0.5, 0.6) is 0 Å². The molecule has 0 aromatic heterocycles. The number of aryl methyl sites for hydroxylation is 2. The van der Waals surface area contributed by atoms with Crippen LogP contribution < -0.4 is 10.2 Å². The summed E-state index contributed by atoms with van der Waals surface area (Å²) in [6.07, 6.45) is 2.44. The summed E-state index contributed by atoms with van der Waals surface area (Å²) in [5.41, 5.74) is 3.63. The highest BCUT2D eigenvalue weighted by Gasteiger charge is 2.50. The molecule has 5 heteroatoms. The van der Waals surface area contributed by atoms with Crippen molar-refractivity contribution in [1.82, 2.24) is 0 Å². The SMILES string of the molecule is Cc1ccc(NC(=O)c2ccccc2N2C(=O)[C@H]3C[C@@H](C)CC[C@H]3C2=O)cc1C. The van der Waals surface area contributed by atoms with Gasteiger partial charge in [-0.15, -0.1) is 0 Å². The second-order valence-corrected chi connectivity index (χ2v) is 8.41. The number of amides is 3. The molecule has 2 fully saturated rings. The fourth-order valence-electron chi connectivity index (χ4n) is 4.51. The molecule has 1 N–H and O–H groups in total. The number of rotatable bonds is 3. The minimum Gasteiger partial charge on any atom is -0.322 e. The third kappa shape index (κ3) is 3.46. The van der Waals surface area contributed by atoms with Crippen molar-refractivity contribution in [3.63, 3.8) is 0 Å². The van der Waals surface area contributed by atoms with Gasteiger partial charge in [-0.2, -0.15) is 0 Å². The minimum absolute atomic E-state index is 0.168. The van der Waals surface area contributed by atoms with E-state index in [1.807, 2.05) is 32.0 Å². The van der Waals surface area contributed by atoms with E-state index in [4.69, 9.17) is 0 Å². The highest BCUT2D eigenvalue weighted by Crippen LogP contribution is 2.42. The average Bonchev–Trinajstić information content (AvgIpc) is 2.94. The zero-order valence-electron chi connectivity index (χ0n) is 17.1. The number of anilines is 2. The van der Waals surface area contributed by atoms with Crippen molar-refractivity contribution in [3.8, 4) is 0 Å². The summed E-state index contributed by atoms with van der Waals surface area (Å²) in [4.78, 5) is 40.4. The molecule has 1 heterocycles. The Morgan fingerprint density at radius 1 is 0.966 bits per heavy atom. The van der Waals surface area contributed by atoms with E-state index in [2.05, 4.69) is 12.2 Å². The number of fused-ring (bicyclic) bond motifs is 1. The lowest BCUT2D eigenvalue weighted by atomic mass is 9.76. The first kappa shape index (κ1) is 19.4. The normalized spacial score (nSPS) is 23.8. The molecular weight excluding hydrogens is 364 g/mol. The van der Waals surface area contributed by atoms with Crippen molar-refractivity contribution in [1.29, 1.82) is 0 Å². The van der Waals surface area contributed by atoms with Crippen molar-refractivity contribution in [3.05, 3.63) is 59.2 Å². The molecule has 1 aliphatic heterocycles. The van der Waals surface area contributed by atoms with Crippen LogP contribution in [0.3, 0.4) is 0 Å². The first-order valence-corrected chi connectivity index (χ1v) is 10.2. The highest BCUT2D eigenvalue weighted by atomic mass is 16.2. The summed E-state index contributed by atoms with van der Waals surface area (Å²) in [5.74, 6) is -0.739. The molecule has 3 atom stereocenters. The van der Waals surface area contributed by atoms with Gasteiger partial charge in [0.25, 0.3) is 5.91 Å². The zero-order valence-corrected chi connectivity index (χ0v) is 17.1. The Bertz CT molecular complexity index is 997. The fraction of sp³-hybridized carbons (Fsp3) is 0.375. The van der Waals surface area contributed by atoms with Gasteiger partial charge in [-0.05, 0) is 74.4 Å². The number of benzene rings is 2. The predicted molar refractivity (Wildman–Crippen MR) is 113 cm³/mol. The number of hydrogen-bond acceptors (Lipinski definition) is 3. The summed E-state index contributed by atoms with van der Waals surface area (Å²) in [5, 5.41) is 2.90. The minimum atomic E-state index is -0.326. The quantitative estimate of drug-likeness (QED) is 0.786. The van der Waals surface area contributed by atoms with Crippen LogP contribution in [0.1, 0.15) is 47.7 Å². The van der Waals surface area contributed by atoms with Gasteiger partial charge >= 0.3 is 0 Å². The Kier molecular flexibility index (Phi) is 4.99. The molecule has 0 spiro atoms. The molecule has 1 saturated heterocycles. The van der Waals surface area contributed by atoms with E-state index in [-0.39, 0.29) is 29.6 Å². The van der Waals surface area contributed by atoms with Gasteiger partial charge in [-0.3, -0.25) is 14.4 Å². The summed E-state index contributed by atoms with van der Waals surface area (Å²) in [7, 11) is 0. The fourth-order valence-corrected chi connectivity index (χ4v) is 4.51. The van der Waals surface area contributed by atoms with Crippen molar-refractivity contribution in [2.45, 2.75) is 40.0 Å². The van der Waals surface area contributed by atoms with Crippen LogP contribution in [0.2, 0.25) is 0 Å². The van der Waals surface area contributed by atoms with E-state index in [1.165, 1.54) is 4.90 Å². The van der Waals surface area contributed by atoms with Crippen molar-refractivity contribution < 1.29 is 14.4 Å². The van der Waals surface area contributed by atoms with Gasteiger partial charge in [0, 0.05) is 5.69 Å². The summed E-state index contributed by atoms with van der Waals surface area (Å²) >= 11 is 0. The summed E-state index contributed by atoms with van der Waals surface area (Å²) in [6.45, 7) is 6.13. The van der Waals surface area contributed by atoms with Crippen molar-refractivity contribution in [2.75, 3.05) is 10.2 Å². The van der Waals surface area contributed by atoms with Gasteiger partial charge in [-0.1, -0.05) is 25.1 Å². The largest absolute Gasteiger partial charge is 0.322 e. The van der Waals surface area contributed by atoms with Gasteiger partial charge in [0.15, 0.2) is 0 Å². The molecule has 0 bridgehead atoms. The van der Waals surface area contributed by atoms with Crippen LogP contribution in [0.25, 0.3) is 0 Å². The molecule has 5 nitrogen and oxygen atoms in total. The maximum absolute atomic E-state index is 13.1. The van der Waals surface area contributed by atoms with Crippen LogP contribution in [0.4, 0.5) is 11.4 Å². The first-order chi connectivity index (χ1) is 13.9. The third-order valence-corrected chi connectivity index (χ3v) is 6.34. The Balaban J connectivity index is 1.64. The van der Waals surface area contributed by atoms with E-state index in [9.17, 15) is 14.4 Å². The number of carbonyl (C=O) groups excluding carboxylic acids is 3. The standard InChI is InChI=1S/C24H26N2O3/c1-14-8-11-18-20(12-14)24(29)26(23(18)28)21-7-5-4-6-19(21)22(27)25-17-10-9-15(2)16(3)13-17/h4-7,9-10,13-14,18,20H,8,11-12H2,1-3H3,(H,25,27)/t14-,18+,20-/m0/s1. The average molecular weight is 390 g/mol. The summed E-state index contributed by atoms with van der Waals surface area (Å²) < 4.78 is 0. The van der Waals surface area contributed by atoms with E-state index in [1.54, 1.807) is 24.3 Å². The van der Waals surface area contributed by atoms with Gasteiger partial charge in [0.2, 0.25) is 11.8 Å². The lowest BCUT2D eigenvalue weighted by molar-refractivity contribution is -0.122. The van der Waals surface area contributed by atoms with E-state index in [0.717, 1.165) is 30.4 Å². The van der Waals surface area contributed by atoms with E-state index >= 15 is 0 Å². The smallest absolute Gasteiger partial charge is 0.257 e. The van der Waals surface area contributed by atoms with Crippen LogP contribution in [-0.4, -0.2) is 17.7 Å². The Hall–Kier alpha value is -2.95. The predicted octanol–water partition coefficient (Wildman–Crippen LogP) is 4.48. The third-order valence-electron chi connectivity index (χ3n) is 6.34. The molecule has 2 aromatic rings. The molecular formula is C24H26N2O3. The molecule has 150 valence electrons. The maximum Gasteiger partial charge on any atom is 0.257 e. The summed E-state index contributed by atoms with van der Waals surface area (Å²) in [6, 6.07) is 12.6. The van der Waals surface area contributed by atoms with Crippen LogP contribution in [-0.2, 0) is 9.59 Å². The molecule has 4 rings (SSSR count). The Morgan fingerprint density at radius 3 is 2.45 bits per heavy atom.